The summed E-state index contributed by atoms with van der Waals surface area (Å²) in [4.78, 5) is 44.8. The van der Waals surface area contributed by atoms with E-state index in [2.05, 4.69) is 40.4 Å². The fraction of sp³-hybridized carbons (Fsp3) is 0.133. The predicted octanol–water partition coefficient (Wildman–Crippen LogP) is 0.657. The zero-order valence-corrected chi connectivity index (χ0v) is 12.6. The molecule has 11 nitrogen and oxygen atoms in total. The predicted molar refractivity (Wildman–Crippen MR) is 89.9 cm³/mol. The molecule has 0 aromatic carbocycles. The summed E-state index contributed by atoms with van der Waals surface area (Å²) < 4.78 is 5.16. The molecule has 0 aliphatic heterocycles. The average molecular weight is 354 g/mol. The van der Waals surface area contributed by atoms with Crippen LogP contribution < -0.4 is 10.9 Å². The number of carbonyl (C=O) groups is 1. The van der Waals surface area contributed by atoms with E-state index >= 15 is 0 Å². The Hall–Kier alpha value is -3.89. The lowest BCUT2D eigenvalue weighted by Gasteiger charge is -2.04. The van der Waals surface area contributed by atoms with Gasteiger partial charge in [0.1, 0.15) is 17.5 Å². The first-order valence-corrected chi connectivity index (χ1v) is 7.14. The van der Waals surface area contributed by atoms with Crippen molar-refractivity contribution in [2.75, 3.05) is 0 Å². The van der Waals surface area contributed by atoms with Gasteiger partial charge in [-0.15, -0.1) is 0 Å². The van der Waals surface area contributed by atoms with Gasteiger partial charge in [-0.25, -0.2) is 19.9 Å². The van der Waals surface area contributed by atoms with Crippen molar-refractivity contribution in [1.29, 1.82) is 0 Å². The van der Waals surface area contributed by atoms with Crippen LogP contribution in [0.4, 0.5) is 0 Å². The van der Waals surface area contributed by atoms with E-state index in [4.69, 9.17) is 4.52 Å². The maximum Gasteiger partial charge on any atom is 0.272 e. The van der Waals surface area contributed by atoms with Crippen LogP contribution in [-0.4, -0.2) is 41.0 Å². The quantitative estimate of drug-likeness (QED) is 0.482. The number of hydrogen-bond acceptors (Lipinski definition) is 8. The van der Waals surface area contributed by atoms with Gasteiger partial charge in [0, 0.05) is 18.5 Å². The Kier molecular flexibility index (Phi) is 4.51. The topological polar surface area (TPSA) is 155 Å². The van der Waals surface area contributed by atoms with E-state index in [0.29, 0.717) is 17.3 Å². The third-order valence-electron chi connectivity index (χ3n) is 3.31. The van der Waals surface area contributed by atoms with Gasteiger partial charge >= 0.3 is 0 Å². The van der Waals surface area contributed by atoms with Crippen molar-refractivity contribution in [2.24, 2.45) is 0 Å². The zero-order valence-electron chi connectivity index (χ0n) is 12.6. The van der Waals surface area contributed by atoms with E-state index in [1.54, 1.807) is 18.5 Å². The van der Waals surface area contributed by atoms with Crippen LogP contribution in [0.25, 0.3) is 22.7 Å². The molecule has 0 spiro atoms. The molecule has 3 N–H and O–H groups in total. The summed E-state index contributed by atoms with van der Waals surface area (Å²) in [5, 5.41) is 6.53. The molecule has 0 radical (unpaired) electrons. The van der Waals surface area contributed by atoms with E-state index in [-0.39, 0.29) is 30.8 Å². The molecule has 0 aliphatic carbocycles. The second-order valence-corrected chi connectivity index (χ2v) is 4.97. The van der Waals surface area contributed by atoms with E-state index in [1.165, 1.54) is 6.33 Å². The van der Waals surface area contributed by atoms with Gasteiger partial charge in [0.2, 0.25) is 0 Å². The Bertz CT molecular complexity index is 1100. The molecule has 0 saturated heterocycles. The largest absolute Gasteiger partial charge is 0.359 e. The number of fused-ring (bicyclic) bond motifs is 1. The number of H-pyrrole nitrogens is 2. The van der Waals surface area contributed by atoms with Gasteiger partial charge in [0.25, 0.3) is 11.5 Å². The van der Waals surface area contributed by atoms with Crippen LogP contribution in [-0.2, 0) is 6.54 Å². The highest BCUT2D eigenvalue weighted by Gasteiger charge is 2.15. The Balaban J connectivity index is 0.00000196. The van der Waals surface area contributed by atoms with E-state index in [0.717, 1.165) is 6.20 Å². The van der Waals surface area contributed by atoms with Gasteiger partial charge in [-0.2, -0.15) is 0 Å². The lowest BCUT2D eigenvalue weighted by atomic mass is 10.3. The first-order valence-electron chi connectivity index (χ1n) is 7.14. The number of nitrogens with zero attached hydrogens (tertiary/aromatic N) is 5. The third-order valence-corrected chi connectivity index (χ3v) is 3.31. The van der Waals surface area contributed by atoms with Crippen LogP contribution in [0.2, 0.25) is 0 Å². The molecule has 132 valence electrons. The van der Waals surface area contributed by atoms with Gasteiger partial charge in [-0.05, 0) is 0 Å². The summed E-state index contributed by atoms with van der Waals surface area (Å²) in [6.07, 6.45) is 5.51. The molecule has 4 aromatic heterocycles. The van der Waals surface area contributed by atoms with E-state index < -0.39 is 11.5 Å². The minimum absolute atomic E-state index is 0. The number of aromatic nitrogens is 7. The third kappa shape index (κ3) is 3.17. The first kappa shape index (κ1) is 17.0. The molecule has 0 aliphatic rings. The SMILES string of the molecule is C.O=C(NCc1cc(-c2ncc[nH]2)no1)c1ncnc2[nH]c(=O)cnc12. The van der Waals surface area contributed by atoms with Crippen LogP contribution in [0.5, 0.6) is 0 Å². The lowest BCUT2D eigenvalue weighted by molar-refractivity contribution is 0.0943. The van der Waals surface area contributed by atoms with Gasteiger partial charge in [0.05, 0.1) is 12.7 Å². The minimum atomic E-state index is -0.483. The van der Waals surface area contributed by atoms with Crippen molar-refractivity contribution in [3.8, 4) is 11.5 Å². The zero-order chi connectivity index (χ0) is 17.2. The van der Waals surface area contributed by atoms with Crippen LogP contribution in [0.1, 0.15) is 23.7 Å². The first-order chi connectivity index (χ1) is 12.2. The molecule has 1 amide bonds. The lowest BCUT2D eigenvalue weighted by Crippen LogP contribution is -2.24. The number of imidazole rings is 1. The van der Waals surface area contributed by atoms with Crippen LogP contribution in [0.15, 0.2) is 40.3 Å². The summed E-state index contributed by atoms with van der Waals surface area (Å²) in [5.41, 5.74) is 0.554. The highest BCUT2D eigenvalue weighted by atomic mass is 16.5. The summed E-state index contributed by atoms with van der Waals surface area (Å²) in [6, 6.07) is 1.66. The van der Waals surface area contributed by atoms with Gasteiger partial charge < -0.3 is 19.8 Å². The molecule has 4 heterocycles. The number of aromatic amines is 2. The fourth-order valence-corrected chi connectivity index (χ4v) is 2.20. The van der Waals surface area contributed by atoms with Crippen molar-refractivity contribution in [3.63, 3.8) is 0 Å². The minimum Gasteiger partial charge on any atom is -0.359 e. The summed E-state index contributed by atoms with van der Waals surface area (Å²) in [5.74, 6) is 0.527. The summed E-state index contributed by atoms with van der Waals surface area (Å²) in [7, 11) is 0. The van der Waals surface area contributed by atoms with Crippen molar-refractivity contribution in [3.05, 3.63) is 52.8 Å². The van der Waals surface area contributed by atoms with Gasteiger partial charge in [-0.1, -0.05) is 12.6 Å². The van der Waals surface area contributed by atoms with Gasteiger partial charge in [0.15, 0.2) is 22.9 Å². The molecule has 0 unspecified atom stereocenters. The number of nitrogens with one attached hydrogen (secondary N) is 3. The summed E-state index contributed by atoms with van der Waals surface area (Å²) >= 11 is 0. The summed E-state index contributed by atoms with van der Waals surface area (Å²) in [6.45, 7) is 0.0986. The second-order valence-electron chi connectivity index (χ2n) is 4.97. The standard InChI is InChI=1S/C14H10N8O3.CH4/c23-9-5-17-10-11(19-6-20-13(10)21-9)14(24)18-4-7-3-8(22-25-7)12-15-1-2-16-12;/h1-3,5-6H,4H2,(H,15,16)(H,18,24)(H,19,20,21,23);1H4. The molecule has 4 rings (SSSR count). The van der Waals surface area contributed by atoms with E-state index in [1.807, 2.05) is 0 Å². The molecular weight excluding hydrogens is 340 g/mol. The second kappa shape index (κ2) is 6.93. The number of rotatable bonds is 4. The maximum atomic E-state index is 12.3. The van der Waals surface area contributed by atoms with Crippen LogP contribution >= 0.6 is 0 Å². The molecule has 26 heavy (non-hydrogen) atoms. The molecule has 11 heteroatoms. The number of amides is 1. The average Bonchev–Trinajstić information content (AvgIpc) is 3.30. The van der Waals surface area contributed by atoms with Crippen molar-refractivity contribution >= 4 is 17.1 Å². The Morgan fingerprint density at radius 3 is 2.92 bits per heavy atom. The van der Waals surface area contributed by atoms with Crippen LogP contribution in [0, 0.1) is 0 Å². The van der Waals surface area contributed by atoms with Crippen molar-refractivity contribution in [2.45, 2.75) is 14.0 Å². The molecule has 0 fully saturated rings. The number of hydrogen-bond donors (Lipinski definition) is 3. The van der Waals surface area contributed by atoms with E-state index in [9.17, 15) is 9.59 Å². The van der Waals surface area contributed by atoms with Crippen LogP contribution in [0.3, 0.4) is 0 Å². The monoisotopic (exact) mass is 354 g/mol. The fourth-order valence-electron chi connectivity index (χ4n) is 2.20. The maximum absolute atomic E-state index is 12.3. The molecule has 0 atom stereocenters. The highest BCUT2D eigenvalue weighted by molar-refractivity contribution is 6.01. The Morgan fingerprint density at radius 1 is 1.23 bits per heavy atom. The van der Waals surface area contributed by atoms with Crippen molar-refractivity contribution in [1.82, 2.24) is 40.4 Å². The molecule has 0 saturated carbocycles. The number of carbonyl (C=O) groups excluding carboxylic acids is 1. The molecule has 4 aromatic rings. The highest BCUT2D eigenvalue weighted by Crippen LogP contribution is 2.14. The Labute approximate surface area is 145 Å². The molecular formula is C15H14N8O3. The normalized spacial score (nSPS) is 10.5. The molecule has 0 bridgehead atoms. The Morgan fingerprint density at radius 2 is 2.12 bits per heavy atom. The van der Waals surface area contributed by atoms with Crippen molar-refractivity contribution < 1.29 is 9.32 Å². The smallest absolute Gasteiger partial charge is 0.272 e. The van der Waals surface area contributed by atoms with Gasteiger partial charge in [-0.3, -0.25) is 9.59 Å².